The number of benzene rings is 1. The Bertz CT molecular complexity index is 850. The van der Waals surface area contributed by atoms with Crippen LogP contribution in [0.5, 0.6) is 0 Å². The maximum Gasteiger partial charge on any atom is 0.222 e. The van der Waals surface area contributed by atoms with Crippen LogP contribution in [0.3, 0.4) is 0 Å². The Kier molecular flexibility index (Phi) is 5.67. The van der Waals surface area contributed by atoms with Crippen LogP contribution in [-0.4, -0.2) is 62.2 Å². The van der Waals surface area contributed by atoms with E-state index in [1.165, 1.54) is 30.5 Å². The molecule has 0 aromatic heterocycles. The van der Waals surface area contributed by atoms with E-state index in [9.17, 15) is 4.79 Å². The molecule has 1 saturated heterocycles. The Labute approximate surface area is 186 Å². The van der Waals surface area contributed by atoms with E-state index < -0.39 is 0 Å². The van der Waals surface area contributed by atoms with Crippen molar-refractivity contribution in [3.05, 3.63) is 29.8 Å². The van der Waals surface area contributed by atoms with E-state index in [1.54, 1.807) is 0 Å². The van der Waals surface area contributed by atoms with Crippen molar-refractivity contribution in [2.45, 2.75) is 69.9 Å². The summed E-state index contributed by atoms with van der Waals surface area (Å²) in [7, 11) is 1.90. The van der Waals surface area contributed by atoms with Gasteiger partial charge < -0.3 is 19.9 Å². The highest BCUT2D eigenvalue weighted by Gasteiger charge is 2.59. The zero-order valence-electron chi connectivity index (χ0n) is 19.0. The molecule has 4 aliphatic rings. The van der Waals surface area contributed by atoms with Crippen LogP contribution in [0, 0.1) is 5.41 Å². The second-order valence-corrected chi connectivity index (χ2v) is 9.65. The number of carbonyl (C=O) groups is 1. The van der Waals surface area contributed by atoms with Crippen molar-refractivity contribution >= 4 is 17.6 Å². The van der Waals surface area contributed by atoms with Gasteiger partial charge in [0.05, 0.1) is 6.10 Å². The minimum Gasteiger partial charge on any atom is -0.378 e. The molecule has 0 bridgehead atoms. The summed E-state index contributed by atoms with van der Waals surface area (Å²) < 4.78 is 6.04. The Morgan fingerprint density at radius 3 is 2.81 bits per heavy atom. The van der Waals surface area contributed by atoms with Gasteiger partial charge in [0.25, 0.3) is 0 Å². The summed E-state index contributed by atoms with van der Waals surface area (Å²) in [6, 6.07) is 9.17. The maximum atomic E-state index is 12.0. The molecule has 3 unspecified atom stereocenters. The largest absolute Gasteiger partial charge is 0.378 e. The maximum absolute atomic E-state index is 12.0. The van der Waals surface area contributed by atoms with E-state index in [1.807, 2.05) is 11.9 Å². The third kappa shape index (κ3) is 3.53. The molecule has 168 valence electrons. The SMILES string of the molecule is CCOC1CC(NC(=NC)N2CC(CCN3CCCC3=O)c3ccccc32)C12CCC2. The smallest absolute Gasteiger partial charge is 0.222 e. The van der Waals surface area contributed by atoms with Gasteiger partial charge in [-0.15, -0.1) is 0 Å². The number of para-hydroxylation sites is 1. The number of aliphatic imine (C=N–C) groups is 1. The molecule has 1 spiro atoms. The quantitative estimate of drug-likeness (QED) is 0.561. The zero-order valence-corrected chi connectivity index (χ0v) is 19.0. The van der Waals surface area contributed by atoms with Gasteiger partial charge >= 0.3 is 0 Å². The summed E-state index contributed by atoms with van der Waals surface area (Å²) in [6.45, 7) is 5.61. The molecule has 3 fully saturated rings. The van der Waals surface area contributed by atoms with Crippen molar-refractivity contribution in [3.8, 4) is 0 Å². The molecule has 2 aliphatic heterocycles. The lowest BCUT2D eigenvalue weighted by Crippen LogP contribution is -2.68. The molecule has 2 aliphatic carbocycles. The molecule has 1 N–H and O–H groups in total. The number of fused-ring (bicyclic) bond motifs is 1. The molecule has 2 saturated carbocycles. The predicted octanol–water partition coefficient (Wildman–Crippen LogP) is 3.53. The zero-order chi connectivity index (χ0) is 21.4. The van der Waals surface area contributed by atoms with Crippen molar-refractivity contribution in [1.29, 1.82) is 0 Å². The number of hydrogen-bond donors (Lipinski definition) is 1. The van der Waals surface area contributed by atoms with Crippen molar-refractivity contribution < 1.29 is 9.53 Å². The molecule has 1 aromatic carbocycles. The van der Waals surface area contributed by atoms with Crippen LogP contribution < -0.4 is 10.2 Å². The van der Waals surface area contributed by atoms with Gasteiger partial charge in [-0.1, -0.05) is 24.6 Å². The van der Waals surface area contributed by atoms with Crippen LogP contribution in [0.25, 0.3) is 0 Å². The summed E-state index contributed by atoms with van der Waals surface area (Å²) in [5, 5.41) is 3.82. The Hall–Kier alpha value is -2.08. The van der Waals surface area contributed by atoms with Gasteiger partial charge in [0.2, 0.25) is 5.91 Å². The van der Waals surface area contributed by atoms with E-state index >= 15 is 0 Å². The summed E-state index contributed by atoms with van der Waals surface area (Å²) in [5.74, 6) is 1.73. The van der Waals surface area contributed by atoms with E-state index in [4.69, 9.17) is 9.73 Å². The molecular weight excluding hydrogens is 388 g/mol. The molecule has 1 aromatic rings. The number of nitrogens with one attached hydrogen (secondary N) is 1. The summed E-state index contributed by atoms with van der Waals surface area (Å²) in [6.07, 6.45) is 8.04. The number of nitrogens with zero attached hydrogens (tertiary/aromatic N) is 3. The fraction of sp³-hybridized carbons (Fsp3) is 0.680. The van der Waals surface area contributed by atoms with Crippen LogP contribution in [-0.2, 0) is 9.53 Å². The number of guanidine groups is 1. The second-order valence-electron chi connectivity index (χ2n) is 9.65. The summed E-state index contributed by atoms with van der Waals surface area (Å²) >= 11 is 0. The first-order valence-electron chi connectivity index (χ1n) is 12.2. The van der Waals surface area contributed by atoms with E-state index in [-0.39, 0.29) is 0 Å². The van der Waals surface area contributed by atoms with E-state index in [0.717, 1.165) is 57.9 Å². The topological polar surface area (TPSA) is 57.2 Å². The lowest BCUT2D eigenvalue weighted by atomic mass is 9.51. The van der Waals surface area contributed by atoms with Crippen LogP contribution in [0.15, 0.2) is 29.3 Å². The fourth-order valence-corrected chi connectivity index (χ4v) is 6.25. The van der Waals surface area contributed by atoms with Crippen molar-refractivity contribution in [3.63, 3.8) is 0 Å². The standard InChI is InChI=1S/C25H36N4O2/c1-3-31-22-16-21(25(22)12-7-13-25)27-24(26-2)29-17-18(19-8-4-5-9-20(19)29)11-15-28-14-6-10-23(28)30/h4-5,8-9,18,21-22H,3,6-7,10-17H2,1-2H3,(H,26,27). The minimum absolute atomic E-state index is 0.306. The van der Waals surface area contributed by atoms with Crippen molar-refractivity contribution in [2.24, 2.45) is 10.4 Å². The van der Waals surface area contributed by atoms with Gasteiger partial charge in [0.1, 0.15) is 0 Å². The monoisotopic (exact) mass is 424 g/mol. The highest BCUT2D eigenvalue weighted by atomic mass is 16.5. The molecule has 6 nitrogen and oxygen atoms in total. The Balaban J connectivity index is 1.28. The lowest BCUT2D eigenvalue weighted by Gasteiger charge is -2.61. The number of hydrogen-bond acceptors (Lipinski definition) is 3. The van der Waals surface area contributed by atoms with Gasteiger partial charge in [-0.2, -0.15) is 0 Å². The molecule has 5 rings (SSSR count). The molecule has 0 radical (unpaired) electrons. The van der Waals surface area contributed by atoms with Crippen molar-refractivity contribution in [1.82, 2.24) is 10.2 Å². The van der Waals surface area contributed by atoms with Gasteiger partial charge in [0, 0.05) is 62.8 Å². The molecule has 6 heteroatoms. The third-order valence-corrected chi connectivity index (χ3v) is 8.20. The number of ether oxygens (including phenoxy) is 1. The molecule has 3 atom stereocenters. The van der Waals surface area contributed by atoms with Gasteiger partial charge in [-0.05, 0) is 50.7 Å². The molecule has 1 amide bonds. The molecule has 31 heavy (non-hydrogen) atoms. The van der Waals surface area contributed by atoms with Gasteiger partial charge in [0.15, 0.2) is 5.96 Å². The first-order chi connectivity index (χ1) is 15.2. The van der Waals surface area contributed by atoms with Crippen LogP contribution in [0.2, 0.25) is 0 Å². The number of rotatable bonds is 6. The highest BCUT2D eigenvalue weighted by molar-refractivity contribution is 5.98. The highest BCUT2D eigenvalue weighted by Crippen LogP contribution is 2.57. The first-order valence-corrected chi connectivity index (χ1v) is 12.2. The normalized spacial score (nSPS) is 29.2. The lowest BCUT2D eigenvalue weighted by molar-refractivity contribution is -0.168. The fourth-order valence-electron chi connectivity index (χ4n) is 6.25. The second kappa shape index (κ2) is 8.45. The van der Waals surface area contributed by atoms with Gasteiger partial charge in [-0.25, -0.2) is 0 Å². The number of anilines is 1. The van der Waals surface area contributed by atoms with Gasteiger partial charge in [-0.3, -0.25) is 9.79 Å². The van der Waals surface area contributed by atoms with E-state index in [2.05, 4.69) is 41.4 Å². The van der Waals surface area contributed by atoms with Crippen LogP contribution in [0.1, 0.15) is 63.4 Å². The minimum atomic E-state index is 0.306. The van der Waals surface area contributed by atoms with E-state index in [0.29, 0.717) is 29.4 Å². The average Bonchev–Trinajstić information content (AvgIpc) is 3.31. The first kappa shape index (κ1) is 20.8. The third-order valence-electron chi connectivity index (χ3n) is 8.20. The van der Waals surface area contributed by atoms with Crippen LogP contribution in [0.4, 0.5) is 5.69 Å². The molecular formula is C25H36N4O2. The number of carbonyl (C=O) groups excluding carboxylic acids is 1. The van der Waals surface area contributed by atoms with Crippen LogP contribution >= 0.6 is 0 Å². The number of likely N-dealkylation sites (tertiary alicyclic amines) is 1. The summed E-state index contributed by atoms with van der Waals surface area (Å²) in [4.78, 5) is 21.2. The average molecular weight is 425 g/mol. The summed E-state index contributed by atoms with van der Waals surface area (Å²) in [5.41, 5.74) is 2.95. The van der Waals surface area contributed by atoms with Crippen molar-refractivity contribution in [2.75, 3.05) is 38.2 Å². The number of amides is 1. The Morgan fingerprint density at radius 2 is 2.13 bits per heavy atom. The molecule has 2 heterocycles. The predicted molar refractivity (Wildman–Crippen MR) is 124 cm³/mol. The Morgan fingerprint density at radius 1 is 1.29 bits per heavy atom.